The molecule has 0 spiro atoms. The molecule has 0 aromatic heterocycles. The average molecular weight is 248 g/mol. The van der Waals surface area contributed by atoms with Gasteiger partial charge in [0.15, 0.2) is 0 Å². The van der Waals surface area contributed by atoms with Gasteiger partial charge in [0, 0.05) is 0 Å². The van der Waals surface area contributed by atoms with Crippen LogP contribution in [0.4, 0.5) is 0 Å². The number of rotatable bonds is 4. The lowest BCUT2D eigenvalue weighted by Gasteiger charge is -1.97. The van der Waals surface area contributed by atoms with Gasteiger partial charge in [-0.3, -0.25) is 4.79 Å². The van der Waals surface area contributed by atoms with Crippen molar-refractivity contribution in [2.45, 2.75) is 6.92 Å². The summed E-state index contributed by atoms with van der Waals surface area (Å²) >= 11 is 0. The monoisotopic (exact) mass is 248 g/mol. The van der Waals surface area contributed by atoms with E-state index in [0.717, 1.165) is 0 Å². The number of benzene rings is 1. The molecule has 0 heterocycles. The Balaban J connectivity index is 0.000000360. The van der Waals surface area contributed by atoms with Gasteiger partial charge in [-0.2, -0.15) is 0 Å². The van der Waals surface area contributed by atoms with Crippen molar-refractivity contribution in [2.75, 3.05) is 0 Å². The molecule has 0 aliphatic heterocycles. The number of aromatic carboxylic acids is 1. The van der Waals surface area contributed by atoms with Gasteiger partial charge >= 0.3 is 11.9 Å². The first kappa shape index (κ1) is 15.6. The fourth-order valence-corrected chi connectivity index (χ4v) is 0.971. The lowest BCUT2D eigenvalue weighted by atomic mass is 10.1. The van der Waals surface area contributed by atoms with Gasteiger partial charge < -0.3 is 10.2 Å². The van der Waals surface area contributed by atoms with Gasteiger partial charge in [0.2, 0.25) is 0 Å². The standard InChI is InChI=1S/C9H8O2.C5H8O2/c1-2-7-5-3-4-6-8(7)9(10)11;1-3-4(2)5(6)7/h2-6H,1H2,(H,10,11);3-4H,1H2,2H3,(H,6,7). The van der Waals surface area contributed by atoms with Crippen molar-refractivity contribution >= 4 is 18.0 Å². The summed E-state index contributed by atoms with van der Waals surface area (Å²) in [6.07, 6.45) is 2.92. The minimum Gasteiger partial charge on any atom is -0.481 e. The molecule has 2 N–H and O–H groups in total. The molecule has 0 fully saturated rings. The maximum Gasteiger partial charge on any atom is 0.336 e. The predicted octanol–water partition coefficient (Wildman–Crippen LogP) is 2.92. The van der Waals surface area contributed by atoms with Crippen LogP contribution in [0.3, 0.4) is 0 Å². The summed E-state index contributed by atoms with van der Waals surface area (Å²) in [4.78, 5) is 20.4. The topological polar surface area (TPSA) is 74.6 Å². The maximum atomic E-state index is 10.5. The Bertz CT molecular complexity index is 449. The molecule has 0 aliphatic rings. The summed E-state index contributed by atoms with van der Waals surface area (Å²) in [6, 6.07) is 6.75. The molecule has 4 nitrogen and oxygen atoms in total. The lowest BCUT2D eigenvalue weighted by Crippen LogP contribution is -2.04. The van der Waals surface area contributed by atoms with Crippen molar-refractivity contribution < 1.29 is 19.8 Å². The summed E-state index contributed by atoms with van der Waals surface area (Å²) in [5, 5.41) is 16.8. The molecule has 1 aromatic carbocycles. The first-order valence-corrected chi connectivity index (χ1v) is 5.24. The van der Waals surface area contributed by atoms with Crippen LogP contribution in [0.5, 0.6) is 0 Å². The van der Waals surface area contributed by atoms with Crippen molar-refractivity contribution in [1.29, 1.82) is 0 Å². The van der Waals surface area contributed by atoms with E-state index in [1.165, 1.54) is 12.2 Å². The Morgan fingerprint density at radius 3 is 2.06 bits per heavy atom. The second-order valence-electron chi connectivity index (χ2n) is 3.46. The van der Waals surface area contributed by atoms with Crippen molar-refractivity contribution in [3.63, 3.8) is 0 Å². The number of aliphatic carboxylic acids is 1. The van der Waals surface area contributed by atoms with Gasteiger partial charge in [-0.05, 0) is 18.6 Å². The zero-order valence-corrected chi connectivity index (χ0v) is 10.2. The third kappa shape index (κ3) is 5.12. The number of hydrogen-bond acceptors (Lipinski definition) is 2. The SMILES string of the molecule is C=CC(C)C(=O)O.C=Cc1ccccc1C(=O)O. The van der Waals surface area contributed by atoms with E-state index in [4.69, 9.17) is 10.2 Å². The summed E-state index contributed by atoms with van der Waals surface area (Å²) in [7, 11) is 0. The molecule has 0 radical (unpaired) electrons. The Morgan fingerprint density at radius 1 is 1.22 bits per heavy atom. The fraction of sp³-hybridized carbons (Fsp3) is 0.143. The highest BCUT2D eigenvalue weighted by Crippen LogP contribution is 2.08. The number of carboxylic acid groups (broad SMARTS) is 2. The quantitative estimate of drug-likeness (QED) is 0.803. The summed E-state index contributed by atoms with van der Waals surface area (Å²) in [5.41, 5.74) is 0.947. The number of carboxylic acids is 2. The zero-order valence-electron chi connectivity index (χ0n) is 10.2. The van der Waals surface area contributed by atoms with E-state index in [0.29, 0.717) is 11.1 Å². The number of carbonyl (C=O) groups is 2. The zero-order chi connectivity index (χ0) is 14.1. The van der Waals surface area contributed by atoms with Gasteiger partial charge in [0.25, 0.3) is 0 Å². The van der Waals surface area contributed by atoms with Crippen LogP contribution in [0.15, 0.2) is 43.5 Å². The molecule has 0 amide bonds. The van der Waals surface area contributed by atoms with Crippen molar-refractivity contribution in [1.82, 2.24) is 0 Å². The first-order chi connectivity index (χ1) is 8.43. The van der Waals surface area contributed by atoms with E-state index < -0.39 is 17.9 Å². The van der Waals surface area contributed by atoms with Crippen LogP contribution in [0, 0.1) is 5.92 Å². The molecule has 96 valence electrons. The van der Waals surface area contributed by atoms with Crippen molar-refractivity contribution in [2.24, 2.45) is 5.92 Å². The molecule has 1 rings (SSSR count). The van der Waals surface area contributed by atoms with Crippen LogP contribution < -0.4 is 0 Å². The van der Waals surface area contributed by atoms with Gasteiger partial charge in [-0.25, -0.2) is 4.79 Å². The molecular weight excluding hydrogens is 232 g/mol. The summed E-state index contributed by atoms with van der Waals surface area (Å²) in [6.45, 7) is 8.39. The molecule has 0 saturated carbocycles. The molecule has 18 heavy (non-hydrogen) atoms. The highest BCUT2D eigenvalue weighted by molar-refractivity contribution is 5.91. The average Bonchev–Trinajstić information content (AvgIpc) is 2.38. The highest BCUT2D eigenvalue weighted by atomic mass is 16.4. The molecule has 1 aromatic rings. The van der Waals surface area contributed by atoms with Crippen LogP contribution in [0.25, 0.3) is 6.08 Å². The minimum atomic E-state index is -0.916. The van der Waals surface area contributed by atoms with E-state index in [2.05, 4.69) is 13.2 Å². The second kappa shape index (κ2) is 7.84. The third-order valence-corrected chi connectivity index (χ3v) is 2.15. The van der Waals surface area contributed by atoms with E-state index in [1.807, 2.05) is 0 Å². The Morgan fingerprint density at radius 2 is 1.78 bits per heavy atom. The van der Waals surface area contributed by atoms with Gasteiger partial charge in [0.05, 0.1) is 11.5 Å². The van der Waals surface area contributed by atoms with Gasteiger partial charge in [0.1, 0.15) is 0 Å². The van der Waals surface area contributed by atoms with E-state index >= 15 is 0 Å². The smallest absolute Gasteiger partial charge is 0.336 e. The fourth-order valence-electron chi connectivity index (χ4n) is 0.971. The Labute approximate surface area is 106 Å². The maximum absolute atomic E-state index is 10.5. The van der Waals surface area contributed by atoms with Crippen molar-refractivity contribution in [3.05, 3.63) is 54.6 Å². The second-order valence-corrected chi connectivity index (χ2v) is 3.46. The molecule has 1 unspecified atom stereocenters. The highest BCUT2D eigenvalue weighted by Gasteiger charge is 2.04. The molecule has 0 aliphatic carbocycles. The van der Waals surface area contributed by atoms with E-state index in [1.54, 1.807) is 31.2 Å². The minimum absolute atomic E-state index is 0.294. The molecule has 0 saturated heterocycles. The summed E-state index contributed by atoms with van der Waals surface area (Å²) < 4.78 is 0. The first-order valence-electron chi connectivity index (χ1n) is 5.24. The normalized spacial score (nSPS) is 10.5. The lowest BCUT2D eigenvalue weighted by molar-refractivity contribution is -0.139. The van der Waals surface area contributed by atoms with Crippen LogP contribution in [-0.2, 0) is 4.79 Å². The Kier molecular flexibility index (Phi) is 6.81. The van der Waals surface area contributed by atoms with Crippen LogP contribution in [0.1, 0.15) is 22.8 Å². The predicted molar refractivity (Wildman–Crippen MR) is 70.5 cm³/mol. The van der Waals surface area contributed by atoms with Crippen molar-refractivity contribution in [3.8, 4) is 0 Å². The van der Waals surface area contributed by atoms with Gasteiger partial charge in [-0.1, -0.05) is 36.9 Å². The third-order valence-electron chi connectivity index (χ3n) is 2.15. The molecule has 1 atom stereocenters. The number of hydrogen-bond donors (Lipinski definition) is 2. The van der Waals surface area contributed by atoms with Crippen LogP contribution >= 0.6 is 0 Å². The van der Waals surface area contributed by atoms with Crippen LogP contribution in [-0.4, -0.2) is 22.2 Å². The summed E-state index contributed by atoms with van der Waals surface area (Å²) in [5.74, 6) is -2.16. The van der Waals surface area contributed by atoms with E-state index in [9.17, 15) is 9.59 Å². The molecule has 4 heteroatoms. The Hall–Kier alpha value is -2.36. The van der Waals surface area contributed by atoms with Gasteiger partial charge in [-0.15, -0.1) is 6.58 Å². The largest absolute Gasteiger partial charge is 0.481 e. The van der Waals surface area contributed by atoms with E-state index in [-0.39, 0.29) is 0 Å². The van der Waals surface area contributed by atoms with Crippen LogP contribution in [0.2, 0.25) is 0 Å². The molecular formula is C14H16O4. The molecule has 0 bridgehead atoms.